The summed E-state index contributed by atoms with van der Waals surface area (Å²) < 4.78 is 0.608. The second-order valence-electron chi connectivity index (χ2n) is 2.32. The number of hydrogen-bond donors (Lipinski definition) is 2. The molecule has 1 aromatic carbocycles. The molecule has 0 aliphatic rings. The van der Waals surface area contributed by atoms with Gasteiger partial charge in [-0.25, -0.2) is 0 Å². The van der Waals surface area contributed by atoms with Crippen molar-refractivity contribution in [3.63, 3.8) is 0 Å². The Morgan fingerprint density at radius 3 is 2.77 bits per heavy atom. The van der Waals surface area contributed by atoms with Gasteiger partial charge in [-0.2, -0.15) is 0 Å². The van der Waals surface area contributed by atoms with E-state index in [4.69, 9.17) is 5.73 Å². The lowest BCUT2D eigenvalue weighted by atomic mass is 10.2. The Morgan fingerprint density at radius 1 is 1.54 bits per heavy atom. The van der Waals surface area contributed by atoms with E-state index in [9.17, 15) is 9.59 Å². The molecule has 0 aliphatic heterocycles. The van der Waals surface area contributed by atoms with Crippen molar-refractivity contribution in [1.82, 2.24) is 0 Å². The van der Waals surface area contributed by atoms with Crippen LogP contribution in [0.2, 0.25) is 0 Å². The van der Waals surface area contributed by atoms with Crippen LogP contribution in [-0.4, -0.2) is 12.3 Å². The van der Waals surface area contributed by atoms with E-state index in [0.29, 0.717) is 22.1 Å². The van der Waals surface area contributed by atoms with E-state index in [1.165, 1.54) is 6.07 Å². The molecule has 68 valence electrons. The predicted molar refractivity (Wildman–Crippen MR) is 52.3 cm³/mol. The first-order valence-electron chi connectivity index (χ1n) is 3.44. The molecule has 4 nitrogen and oxygen atoms in total. The van der Waals surface area contributed by atoms with Crippen molar-refractivity contribution in [3.8, 4) is 0 Å². The lowest BCUT2D eigenvalue weighted by Crippen LogP contribution is -2.12. The number of nitrogens with one attached hydrogen (secondary N) is 1. The highest BCUT2D eigenvalue weighted by atomic mass is 79.9. The van der Waals surface area contributed by atoms with Crippen molar-refractivity contribution in [2.24, 2.45) is 5.73 Å². The van der Waals surface area contributed by atoms with Gasteiger partial charge in [0.15, 0.2) is 0 Å². The Morgan fingerprint density at radius 2 is 2.23 bits per heavy atom. The van der Waals surface area contributed by atoms with Gasteiger partial charge in [-0.05, 0) is 34.1 Å². The van der Waals surface area contributed by atoms with Gasteiger partial charge >= 0.3 is 0 Å². The van der Waals surface area contributed by atoms with Gasteiger partial charge in [-0.1, -0.05) is 0 Å². The van der Waals surface area contributed by atoms with Crippen LogP contribution in [0.15, 0.2) is 22.7 Å². The average Bonchev–Trinajstić information content (AvgIpc) is 2.08. The summed E-state index contributed by atoms with van der Waals surface area (Å²) >= 11 is 3.17. The molecule has 5 heteroatoms. The van der Waals surface area contributed by atoms with Gasteiger partial charge in [0.05, 0.1) is 5.56 Å². The molecule has 0 saturated heterocycles. The van der Waals surface area contributed by atoms with Crippen molar-refractivity contribution in [3.05, 3.63) is 28.2 Å². The third kappa shape index (κ3) is 2.29. The molecule has 1 aromatic rings. The van der Waals surface area contributed by atoms with E-state index in [2.05, 4.69) is 21.2 Å². The lowest BCUT2D eigenvalue weighted by Gasteiger charge is -2.02. The van der Waals surface area contributed by atoms with Gasteiger partial charge in [0.1, 0.15) is 0 Å². The summed E-state index contributed by atoms with van der Waals surface area (Å²) in [7, 11) is 0. The zero-order valence-electron chi connectivity index (χ0n) is 6.58. The Labute approximate surface area is 83.2 Å². The molecular weight excluding hydrogens is 236 g/mol. The number of halogens is 1. The molecule has 0 saturated carbocycles. The summed E-state index contributed by atoms with van der Waals surface area (Å²) in [6.45, 7) is 0. The Hall–Kier alpha value is -1.36. The van der Waals surface area contributed by atoms with E-state index >= 15 is 0 Å². The first kappa shape index (κ1) is 9.73. The number of carbonyl (C=O) groups excluding carboxylic acids is 2. The highest BCUT2D eigenvalue weighted by Crippen LogP contribution is 2.20. The van der Waals surface area contributed by atoms with Crippen molar-refractivity contribution >= 4 is 33.9 Å². The SMILES string of the molecule is NC(=O)c1cc(NC=O)ccc1Br. The van der Waals surface area contributed by atoms with E-state index in [1.807, 2.05) is 0 Å². The molecule has 0 heterocycles. The standard InChI is InChI=1S/C8H7BrN2O2/c9-7-2-1-5(11-4-12)3-6(7)8(10)13/h1-4H,(H2,10,13)(H,11,12). The Bertz CT molecular complexity index is 352. The second-order valence-corrected chi connectivity index (χ2v) is 3.18. The summed E-state index contributed by atoms with van der Waals surface area (Å²) in [5.74, 6) is -0.540. The molecule has 13 heavy (non-hydrogen) atoms. The molecule has 0 spiro atoms. The normalized spacial score (nSPS) is 9.31. The summed E-state index contributed by atoms with van der Waals surface area (Å²) in [5, 5.41) is 2.42. The van der Waals surface area contributed by atoms with Crippen LogP contribution in [0.25, 0.3) is 0 Å². The van der Waals surface area contributed by atoms with Crippen LogP contribution in [-0.2, 0) is 4.79 Å². The Balaban J connectivity index is 3.10. The molecule has 0 fully saturated rings. The number of primary amides is 1. The molecular formula is C8H7BrN2O2. The molecule has 0 atom stereocenters. The fraction of sp³-hybridized carbons (Fsp3) is 0. The first-order valence-corrected chi connectivity index (χ1v) is 4.24. The lowest BCUT2D eigenvalue weighted by molar-refractivity contribution is -0.105. The highest BCUT2D eigenvalue weighted by molar-refractivity contribution is 9.10. The number of rotatable bonds is 3. The fourth-order valence-electron chi connectivity index (χ4n) is 0.872. The number of anilines is 1. The number of benzene rings is 1. The minimum Gasteiger partial charge on any atom is -0.366 e. The third-order valence-electron chi connectivity index (χ3n) is 1.46. The summed E-state index contributed by atoms with van der Waals surface area (Å²) in [6, 6.07) is 4.80. The molecule has 0 bridgehead atoms. The maximum atomic E-state index is 10.9. The van der Waals surface area contributed by atoms with Crippen molar-refractivity contribution in [1.29, 1.82) is 0 Å². The molecule has 1 rings (SSSR count). The van der Waals surface area contributed by atoms with Gasteiger partial charge < -0.3 is 11.1 Å². The van der Waals surface area contributed by atoms with E-state index < -0.39 is 5.91 Å². The van der Waals surface area contributed by atoms with Crippen LogP contribution in [0.3, 0.4) is 0 Å². The van der Waals surface area contributed by atoms with Crippen molar-refractivity contribution in [2.75, 3.05) is 5.32 Å². The quantitative estimate of drug-likeness (QED) is 0.780. The topological polar surface area (TPSA) is 72.2 Å². The minimum atomic E-state index is -0.540. The van der Waals surface area contributed by atoms with Crippen LogP contribution in [0, 0.1) is 0 Å². The molecule has 0 aromatic heterocycles. The average molecular weight is 243 g/mol. The van der Waals surface area contributed by atoms with E-state index in [-0.39, 0.29) is 0 Å². The van der Waals surface area contributed by atoms with Crippen LogP contribution in [0.5, 0.6) is 0 Å². The van der Waals surface area contributed by atoms with Crippen LogP contribution < -0.4 is 11.1 Å². The first-order chi connectivity index (χ1) is 6.15. The van der Waals surface area contributed by atoms with Crippen LogP contribution in [0.1, 0.15) is 10.4 Å². The largest absolute Gasteiger partial charge is 0.366 e. The second kappa shape index (κ2) is 4.04. The van der Waals surface area contributed by atoms with Gasteiger partial charge in [-0.3, -0.25) is 9.59 Å². The monoisotopic (exact) mass is 242 g/mol. The van der Waals surface area contributed by atoms with Gasteiger partial charge in [0.25, 0.3) is 0 Å². The minimum absolute atomic E-state index is 0.340. The van der Waals surface area contributed by atoms with Gasteiger partial charge in [0.2, 0.25) is 12.3 Å². The highest BCUT2D eigenvalue weighted by Gasteiger charge is 2.06. The van der Waals surface area contributed by atoms with Crippen LogP contribution >= 0.6 is 15.9 Å². The Kier molecular flexibility index (Phi) is 3.02. The van der Waals surface area contributed by atoms with Crippen molar-refractivity contribution in [2.45, 2.75) is 0 Å². The molecule has 3 N–H and O–H groups in total. The predicted octanol–water partition coefficient (Wildman–Crippen LogP) is 1.12. The summed E-state index contributed by atoms with van der Waals surface area (Å²) in [4.78, 5) is 21.0. The molecule has 0 aliphatic carbocycles. The van der Waals surface area contributed by atoms with E-state index in [1.54, 1.807) is 12.1 Å². The number of hydrogen-bond acceptors (Lipinski definition) is 2. The summed E-state index contributed by atoms with van der Waals surface area (Å²) in [5.41, 5.74) is 5.97. The molecule has 2 amide bonds. The number of carbonyl (C=O) groups is 2. The number of nitrogens with two attached hydrogens (primary N) is 1. The smallest absolute Gasteiger partial charge is 0.249 e. The van der Waals surface area contributed by atoms with Gasteiger partial charge in [0, 0.05) is 10.2 Å². The van der Waals surface area contributed by atoms with Gasteiger partial charge in [-0.15, -0.1) is 0 Å². The molecule has 0 unspecified atom stereocenters. The molecule has 0 radical (unpaired) electrons. The van der Waals surface area contributed by atoms with Crippen molar-refractivity contribution < 1.29 is 9.59 Å². The van der Waals surface area contributed by atoms with E-state index in [0.717, 1.165) is 0 Å². The summed E-state index contributed by atoms with van der Waals surface area (Å²) in [6.07, 6.45) is 0.536. The number of amides is 2. The zero-order chi connectivity index (χ0) is 9.84. The zero-order valence-corrected chi connectivity index (χ0v) is 8.17. The maximum Gasteiger partial charge on any atom is 0.249 e. The van der Waals surface area contributed by atoms with Crippen LogP contribution in [0.4, 0.5) is 5.69 Å². The maximum absolute atomic E-state index is 10.9. The third-order valence-corrected chi connectivity index (χ3v) is 2.15. The fourth-order valence-corrected chi connectivity index (χ4v) is 1.31.